The predicted octanol–water partition coefficient (Wildman–Crippen LogP) is 1.61. The van der Waals surface area contributed by atoms with E-state index in [0.29, 0.717) is 0 Å². The molecule has 26 heavy (non-hydrogen) atoms. The van der Waals surface area contributed by atoms with E-state index in [2.05, 4.69) is 19.1 Å². The number of quaternary nitrogens is 1. The summed E-state index contributed by atoms with van der Waals surface area (Å²) in [5.74, 6) is 1.06. The summed E-state index contributed by atoms with van der Waals surface area (Å²) >= 11 is 0. The molecule has 0 aromatic carbocycles. The van der Waals surface area contributed by atoms with Crippen molar-refractivity contribution in [3.63, 3.8) is 0 Å². The zero-order chi connectivity index (χ0) is 21.9. The maximum Gasteiger partial charge on any atom is 0.459 e. The molecule has 0 fully saturated rings. The van der Waals surface area contributed by atoms with Gasteiger partial charge in [0.25, 0.3) is 5.96 Å². The maximum absolute atomic E-state index is 12.1. The number of nitrogens with zero attached hydrogens (tertiary/aromatic N) is 2. The Morgan fingerprint density at radius 3 is 1.23 bits per heavy atom. The highest BCUT2D eigenvalue weighted by atomic mass is 31.2. The number of alkyl halides is 10. The minimum Gasteiger partial charge on any atom is -0.790 e. The molecule has 0 saturated carbocycles. The molecule has 0 aliphatic heterocycles. The zero-order valence-corrected chi connectivity index (χ0v) is 14.8. The van der Waals surface area contributed by atoms with Gasteiger partial charge in [-0.2, -0.15) is 43.9 Å². The van der Waals surface area contributed by atoms with Gasteiger partial charge < -0.3 is 14.4 Å². The molecule has 0 heterocycles. The topological polar surface area (TPSA) is 60.2 Å². The van der Waals surface area contributed by atoms with Gasteiger partial charge in [-0.25, -0.2) is 4.99 Å². The normalized spacial score (nSPS) is 14.9. The van der Waals surface area contributed by atoms with E-state index in [1.807, 2.05) is 26.0 Å². The highest BCUT2D eigenvalue weighted by Crippen LogP contribution is 2.72. The molecular weight excluding hydrogens is 415 g/mol. The molecule has 158 valence electrons. The van der Waals surface area contributed by atoms with Crippen LogP contribution < -0.4 is 9.79 Å². The molecule has 0 saturated heterocycles. The zero-order valence-electron chi connectivity index (χ0n) is 13.9. The molecule has 0 aromatic rings. The molecule has 0 aliphatic rings. The lowest BCUT2D eigenvalue weighted by molar-refractivity contribution is -0.764. The molecule has 0 aliphatic carbocycles. The van der Waals surface area contributed by atoms with Crippen molar-refractivity contribution in [3.8, 4) is 0 Å². The van der Waals surface area contributed by atoms with Crippen LogP contribution in [0.2, 0.25) is 0 Å². The van der Waals surface area contributed by atoms with Gasteiger partial charge in [0.2, 0.25) is 0 Å². The lowest BCUT2D eigenvalue weighted by Gasteiger charge is -2.38. The summed E-state index contributed by atoms with van der Waals surface area (Å²) in [5.41, 5.74) is -14.4. The standard InChI is InChI=1S/C6H15N3.C4HF10O2P/c1-7-6(8(2)3)9(4)5;5-1(6,7)3(11,12)17(15,16)4(13,14)2(8,9)10/h1-5H3;(H,15,16). The van der Waals surface area contributed by atoms with Gasteiger partial charge in [-0.15, -0.1) is 0 Å². The summed E-state index contributed by atoms with van der Waals surface area (Å²) in [6.45, 7) is 0. The molecule has 5 nitrogen and oxygen atoms in total. The van der Waals surface area contributed by atoms with Crippen molar-refractivity contribution in [2.45, 2.75) is 23.7 Å². The Morgan fingerprint density at radius 1 is 0.885 bits per heavy atom. The first-order valence-electron chi connectivity index (χ1n) is 6.24. The molecule has 0 rings (SSSR count). The number of aliphatic imine (C=N–C) groups is 1. The van der Waals surface area contributed by atoms with Gasteiger partial charge >= 0.3 is 23.7 Å². The van der Waals surface area contributed by atoms with Crippen molar-refractivity contribution in [2.75, 3.05) is 35.2 Å². The number of halogens is 10. The largest absolute Gasteiger partial charge is 0.790 e. The van der Waals surface area contributed by atoms with E-state index in [4.69, 9.17) is 0 Å². The number of guanidine groups is 1. The highest BCUT2D eigenvalue weighted by molar-refractivity contribution is 7.59. The Balaban J connectivity index is 0. The van der Waals surface area contributed by atoms with Gasteiger partial charge in [-0.1, -0.05) is 0 Å². The summed E-state index contributed by atoms with van der Waals surface area (Å²) in [5, 5.41) is 0. The van der Waals surface area contributed by atoms with Gasteiger partial charge in [0.1, 0.15) is 0 Å². The van der Waals surface area contributed by atoms with Crippen LogP contribution in [-0.2, 0) is 4.57 Å². The Hall–Kier alpha value is -1.08. The number of rotatable bonds is 2. The molecule has 1 N–H and O–H groups in total. The Bertz CT molecular complexity index is 502. The molecule has 16 heteroatoms. The van der Waals surface area contributed by atoms with Crippen LogP contribution in [-0.4, -0.2) is 69.8 Å². The van der Waals surface area contributed by atoms with E-state index < -0.39 is 31.0 Å². The van der Waals surface area contributed by atoms with E-state index in [0.717, 1.165) is 5.96 Å². The average Bonchev–Trinajstić information content (AvgIpc) is 2.35. The van der Waals surface area contributed by atoms with E-state index in [1.165, 1.54) is 4.90 Å². The van der Waals surface area contributed by atoms with Crippen LogP contribution in [0.5, 0.6) is 0 Å². The summed E-state index contributed by atoms with van der Waals surface area (Å²) < 4.78 is 127. The van der Waals surface area contributed by atoms with Crippen molar-refractivity contribution in [1.82, 2.24) is 4.90 Å². The number of hydrogen-bond acceptors (Lipinski definition) is 3. The Kier molecular flexibility index (Phi) is 8.66. The third-order valence-electron chi connectivity index (χ3n) is 2.50. The second-order valence-corrected chi connectivity index (χ2v) is 7.30. The van der Waals surface area contributed by atoms with Crippen molar-refractivity contribution in [3.05, 3.63) is 0 Å². The molecule has 0 spiro atoms. The lowest BCUT2D eigenvalue weighted by atomic mass is 10.7. The lowest BCUT2D eigenvalue weighted by Crippen LogP contribution is -3.10. The average molecular weight is 431 g/mol. The molecule has 0 amide bonds. The second kappa shape index (κ2) is 8.30. The number of hydrogen-bond donors (Lipinski definition) is 1. The first-order valence-corrected chi connectivity index (χ1v) is 7.87. The third-order valence-corrected chi connectivity index (χ3v) is 4.49. The quantitative estimate of drug-likeness (QED) is 0.313. The summed E-state index contributed by atoms with van der Waals surface area (Å²) in [7, 11) is 1.41. The molecular formula is C10H16F10N3O2P. The van der Waals surface area contributed by atoms with Gasteiger partial charge in [0.05, 0.1) is 14.1 Å². The molecule has 0 aromatic heterocycles. The molecule has 0 unspecified atom stereocenters. The fourth-order valence-electron chi connectivity index (χ4n) is 1.38. The van der Waals surface area contributed by atoms with Gasteiger partial charge in [0, 0.05) is 21.1 Å². The van der Waals surface area contributed by atoms with E-state index in [-0.39, 0.29) is 0 Å². The van der Waals surface area contributed by atoms with E-state index in [1.54, 1.807) is 0 Å². The van der Waals surface area contributed by atoms with Crippen LogP contribution in [0.25, 0.3) is 0 Å². The predicted molar refractivity (Wildman–Crippen MR) is 69.5 cm³/mol. The Morgan fingerprint density at radius 2 is 1.15 bits per heavy atom. The van der Waals surface area contributed by atoms with Crippen LogP contribution in [0.3, 0.4) is 0 Å². The van der Waals surface area contributed by atoms with Gasteiger partial charge in [0.15, 0.2) is 7.37 Å². The second-order valence-electron chi connectivity index (χ2n) is 5.07. The Labute approximate surface area is 141 Å². The molecule has 0 radical (unpaired) electrons. The fourth-order valence-corrected chi connectivity index (χ4v) is 2.40. The van der Waals surface area contributed by atoms with Crippen molar-refractivity contribution >= 4 is 13.3 Å². The number of nitrogens with one attached hydrogen (secondary N) is 1. The maximum atomic E-state index is 12.1. The summed E-state index contributed by atoms with van der Waals surface area (Å²) in [6, 6.07) is 0. The monoisotopic (exact) mass is 431 g/mol. The minimum absolute atomic E-state index is 1.06. The smallest absolute Gasteiger partial charge is 0.459 e. The van der Waals surface area contributed by atoms with Crippen molar-refractivity contribution < 1.29 is 58.3 Å². The summed E-state index contributed by atoms with van der Waals surface area (Å²) in [4.78, 5) is 17.4. The molecule has 0 bridgehead atoms. The minimum atomic E-state index is -8.51. The SMILES string of the molecule is CN=C(N(C)C)[NH+](C)C.O=P([O-])(C(F)(F)C(F)(F)F)C(F)(F)C(F)(F)F. The van der Waals surface area contributed by atoms with E-state index >= 15 is 0 Å². The first kappa shape index (κ1) is 27.1. The van der Waals surface area contributed by atoms with Gasteiger partial charge in [-0.05, 0) is 0 Å². The van der Waals surface area contributed by atoms with Crippen LogP contribution in [0.4, 0.5) is 43.9 Å². The van der Waals surface area contributed by atoms with Gasteiger partial charge in [-0.3, -0.25) is 4.90 Å². The fraction of sp³-hybridized carbons (Fsp3) is 0.900. The first-order chi connectivity index (χ1) is 11.1. The third kappa shape index (κ3) is 5.46. The van der Waals surface area contributed by atoms with Crippen molar-refractivity contribution in [2.24, 2.45) is 4.99 Å². The van der Waals surface area contributed by atoms with Crippen LogP contribution >= 0.6 is 7.37 Å². The van der Waals surface area contributed by atoms with Crippen LogP contribution in [0, 0.1) is 0 Å². The van der Waals surface area contributed by atoms with Crippen LogP contribution in [0.15, 0.2) is 4.99 Å². The summed E-state index contributed by atoms with van der Waals surface area (Å²) in [6.07, 6.45) is -14.2. The highest BCUT2D eigenvalue weighted by Gasteiger charge is 2.78. The van der Waals surface area contributed by atoms with Crippen LogP contribution in [0.1, 0.15) is 0 Å². The van der Waals surface area contributed by atoms with E-state index in [9.17, 15) is 53.4 Å². The van der Waals surface area contributed by atoms with Crippen molar-refractivity contribution in [1.29, 1.82) is 0 Å². The molecule has 0 atom stereocenters.